The smallest absolute Gasteiger partial charge is 0.267 e. The lowest BCUT2D eigenvalue weighted by atomic mass is 10.1. The first-order valence-electron chi connectivity index (χ1n) is 9.28. The molecule has 160 valence electrons. The Hall–Kier alpha value is -3.88. The van der Waals surface area contributed by atoms with Gasteiger partial charge in [-0.1, -0.05) is 35.3 Å². The molecule has 0 saturated heterocycles. The number of nitrogens with zero attached hydrogens (tertiary/aromatic N) is 3. The number of hydrogen-bond donors (Lipinski definition) is 3. The van der Waals surface area contributed by atoms with Crippen molar-refractivity contribution in [2.24, 2.45) is 5.73 Å². The summed E-state index contributed by atoms with van der Waals surface area (Å²) in [6.45, 7) is 0. The highest BCUT2D eigenvalue weighted by Gasteiger charge is 2.09. The van der Waals surface area contributed by atoms with Crippen LogP contribution in [0, 0.1) is 0 Å². The van der Waals surface area contributed by atoms with Gasteiger partial charge in [0.25, 0.3) is 5.91 Å². The van der Waals surface area contributed by atoms with E-state index < -0.39 is 5.91 Å². The van der Waals surface area contributed by atoms with E-state index in [0.717, 1.165) is 5.56 Å². The molecule has 0 aliphatic heterocycles. The van der Waals surface area contributed by atoms with Gasteiger partial charge in [0, 0.05) is 35.6 Å². The van der Waals surface area contributed by atoms with Gasteiger partial charge in [-0.3, -0.25) is 9.78 Å². The highest BCUT2D eigenvalue weighted by molar-refractivity contribution is 6.42. The van der Waals surface area contributed by atoms with Gasteiger partial charge < -0.3 is 21.5 Å². The highest BCUT2D eigenvalue weighted by Crippen LogP contribution is 2.30. The van der Waals surface area contributed by atoms with Crippen molar-refractivity contribution in [2.75, 3.05) is 11.1 Å². The molecule has 0 atom stereocenters. The zero-order chi connectivity index (χ0) is 22.7. The van der Waals surface area contributed by atoms with Crippen LogP contribution >= 0.6 is 23.2 Å². The van der Waals surface area contributed by atoms with Crippen molar-refractivity contribution >= 4 is 46.6 Å². The van der Waals surface area contributed by atoms with Gasteiger partial charge >= 0.3 is 0 Å². The fourth-order valence-corrected chi connectivity index (χ4v) is 3.16. The van der Waals surface area contributed by atoms with Crippen LogP contribution in [0.3, 0.4) is 0 Å². The number of anilines is 3. The topological polar surface area (TPSA) is 129 Å². The molecular weight excluding hydrogens is 451 g/mol. The maximum atomic E-state index is 11.3. The number of nitrogens with one attached hydrogen (secondary N) is 1. The van der Waals surface area contributed by atoms with E-state index in [1.54, 1.807) is 48.5 Å². The van der Waals surface area contributed by atoms with Gasteiger partial charge in [-0.15, -0.1) is 0 Å². The standard InChI is InChI=1S/C22H16Cl2N6O2/c23-16-5-4-12(8-17(16)24)18-11-20(30-22(26)29-18)28-13-2-1-3-14(9-13)32-15-6-7-27-19(10-15)21(25)31/h1-11H,(H2,25,31)(H3,26,28,29,30). The van der Waals surface area contributed by atoms with Crippen molar-refractivity contribution in [3.8, 4) is 22.8 Å². The second kappa shape index (κ2) is 9.09. The van der Waals surface area contributed by atoms with Crippen molar-refractivity contribution in [1.29, 1.82) is 0 Å². The molecule has 2 aromatic carbocycles. The number of benzene rings is 2. The second-order valence-corrected chi connectivity index (χ2v) is 7.44. The molecule has 0 saturated carbocycles. The predicted octanol–water partition coefficient (Wildman–Crippen LogP) is 5.06. The Kier molecular flexibility index (Phi) is 6.07. The number of aromatic nitrogens is 3. The lowest BCUT2D eigenvalue weighted by Gasteiger charge is -2.11. The van der Waals surface area contributed by atoms with Crippen molar-refractivity contribution in [2.45, 2.75) is 0 Å². The second-order valence-electron chi connectivity index (χ2n) is 6.62. The minimum Gasteiger partial charge on any atom is -0.457 e. The molecule has 0 bridgehead atoms. The summed E-state index contributed by atoms with van der Waals surface area (Å²) in [6, 6.07) is 17.2. The van der Waals surface area contributed by atoms with Crippen molar-refractivity contribution in [3.63, 3.8) is 0 Å². The van der Waals surface area contributed by atoms with Crippen LogP contribution in [0.15, 0.2) is 66.9 Å². The quantitative estimate of drug-likeness (QED) is 0.361. The van der Waals surface area contributed by atoms with Gasteiger partial charge in [0.1, 0.15) is 23.0 Å². The summed E-state index contributed by atoms with van der Waals surface area (Å²) in [5.74, 6) is 0.905. The molecule has 5 N–H and O–H groups in total. The first-order chi connectivity index (χ1) is 15.4. The van der Waals surface area contributed by atoms with Crippen LogP contribution in [0.4, 0.5) is 17.5 Å². The molecule has 4 rings (SSSR count). The van der Waals surface area contributed by atoms with Gasteiger partial charge in [-0.05, 0) is 30.3 Å². The summed E-state index contributed by atoms with van der Waals surface area (Å²) in [5.41, 5.74) is 13.3. The Bertz CT molecular complexity index is 1320. The molecule has 4 aromatic rings. The van der Waals surface area contributed by atoms with E-state index in [0.29, 0.717) is 38.7 Å². The van der Waals surface area contributed by atoms with Crippen LogP contribution in [-0.4, -0.2) is 20.9 Å². The number of carbonyl (C=O) groups excluding carboxylic acids is 1. The third kappa shape index (κ3) is 5.05. The largest absolute Gasteiger partial charge is 0.457 e. The lowest BCUT2D eigenvalue weighted by molar-refractivity contribution is 0.0995. The minimum atomic E-state index is -0.634. The first-order valence-corrected chi connectivity index (χ1v) is 10.0. The Morgan fingerprint density at radius 1 is 0.938 bits per heavy atom. The Labute approximate surface area is 193 Å². The van der Waals surface area contributed by atoms with Gasteiger partial charge in [0.2, 0.25) is 5.95 Å². The van der Waals surface area contributed by atoms with Crippen LogP contribution < -0.4 is 21.5 Å². The molecule has 2 aromatic heterocycles. The van der Waals surface area contributed by atoms with Crippen molar-refractivity contribution in [3.05, 3.63) is 82.6 Å². The number of nitrogens with two attached hydrogens (primary N) is 2. The van der Waals surface area contributed by atoms with E-state index in [9.17, 15) is 4.79 Å². The third-order valence-corrected chi connectivity index (χ3v) is 5.02. The van der Waals surface area contributed by atoms with E-state index in [4.69, 9.17) is 39.4 Å². The Balaban J connectivity index is 1.57. The number of rotatable bonds is 6. The summed E-state index contributed by atoms with van der Waals surface area (Å²) in [5, 5.41) is 4.04. The van der Waals surface area contributed by atoms with Gasteiger partial charge in [0.05, 0.1) is 15.7 Å². The predicted molar refractivity (Wildman–Crippen MR) is 124 cm³/mol. The van der Waals surface area contributed by atoms with Crippen molar-refractivity contribution in [1.82, 2.24) is 15.0 Å². The molecule has 32 heavy (non-hydrogen) atoms. The molecule has 1 amide bonds. The summed E-state index contributed by atoms with van der Waals surface area (Å²) >= 11 is 12.1. The third-order valence-electron chi connectivity index (χ3n) is 4.28. The molecule has 0 fully saturated rings. The van der Waals surface area contributed by atoms with E-state index in [1.165, 1.54) is 12.3 Å². The average Bonchev–Trinajstić information content (AvgIpc) is 2.75. The number of carbonyl (C=O) groups is 1. The molecule has 0 aliphatic rings. The molecule has 0 radical (unpaired) electrons. The lowest BCUT2D eigenvalue weighted by Crippen LogP contribution is -2.12. The van der Waals surface area contributed by atoms with E-state index in [1.807, 2.05) is 6.07 Å². The fourth-order valence-electron chi connectivity index (χ4n) is 2.86. The number of pyridine rings is 1. The zero-order valence-corrected chi connectivity index (χ0v) is 17.9. The van der Waals surface area contributed by atoms with Gasteiger partial charge in [-0.2, -0.15) is 4.98 Å². The molecule has 0 spiro atoms. The average molecular weight is 467 g/mol. The Morgan fingerprint density at radius 3 is 2.53 bits per heavy atom. The maximum absolute atomic E-state index is 11.3. The van der Waals surface area contributed by atoms with Crippen LogP contribution in [0.1, 0.15) is 10.5 Å². The SMILES string of the molecule is NC(=O)c1cc(Oc2cccc(Nc3cc(-c4ccc(Cl)c(Cl)c4)nc(N)n3)c2)ccn1. The van der Waals surface area contributed by atoms with Crippen LogP contribution in [0.2, 0.25) is 10.0 Å². The number of nitrogen functional groups attached to an aromatic ring is 1. The fraction of sp³-hybridized carbons (Fsp3) is 0. The van der Waals surface area contributed by atoms with Crippen LogP contribution in [0.5, 0.6) is 11.5 Å². The summed E-state index contributed by atoms with van der Waals surface area (Å²) in [4.78, 5) is 23.7. The molecule has 8 nitrogen and oxygen atoms in total. The Morgan fingerprint density at radius 2 is 1.75 bits per heavy atom. The molecular formula is C22H16Cl2N6O2. The first kappa shape index (κ1) is 21.4. The summed E-state index contributed by atoms with van der Waals surface area (Å²) in [7, 11) is 0. The molecule has 0 unspecified atom stereocenters. The molecule has 0 aliphatic carbocycles. The van der Waals surface area contributed by atoms with Crippen molar-refractivity contribution < 1.29 is 9.53 Å². The minimum absolute atomic E-state index is 0.0965. The highest BCUT2D eigenvalue weighted by atomic mass is 35.5. The van der Waals surface area contributed by atoms with E-state index in [2.05, 4.69) is 20.3 Å². The van der Waals surface area contributed by atoms with E-state index in [-0.39, 0.29) is 11.6 Å². The number of primary amides is 1. The van der Waals surface area contributed by atoms with Crippen LogP contribution in [0.25, 0.3) is 11.3 Å². The number of halogens is 2. The summed E-state index contributed by atoms with van der Waals surface area (Å²) < 4.78 is 5.82. The summed E-state index contributed by atoms with van der Waals surface area (Å²) in [6.07, 6.45) is 1.45. The number of hydrogen-bond acceptors (Lipinski definition) is 7. The number of ether oxygens (including phenoxy) is 1. The van der Waals surface area contributed by atoms with Gasteiger partial charge in [0.15, 0.2) is 0 Å². The molecule has 2 heterocycles. The van der Waals surface area contributed by atoms with Gasteiger partial charge in [-0.25, -0.2) is 4.98 Å². The number of amides is 1. The normalized spacial score (nSPS) is 10.6. The van der Waals surface area contributed by atoms with Crippen LogP contribution in [-0.2, 0) is 0 Å². The van der Waals surface area contributed by atoms with E-state index >= 15 is 0 Å². The maximum Gasteiger partial charge on any atom is 0.267 e. The monoisotopic (exact) mass is 466 g/mol. The zero-order valence-electron chi connectivity index (χ0n) is 16.4. The molecule has 10 heteroatoms.